The minimum atomic E-state index is -3.56. The molecule has 2 heterocycles. The van der Waals surface area contributed by atoms with E-state index in [4.69, 9.17) is 9.47 Å². The molecule has 1 saturated heterocycles. The molecule has 4 rings (SSSR count). The van der Waals surface area contributed by atoms with Gasteiger partial charge in [0.15, 0.2) is 11.5 Å². The van der Waals surface area contributed by atoms with Gasteiger partial charge < -0.3 is 9.47 Å². The molecule has 1 atom stereocenters. The first-order chi connectivity index (χ1) is 13.5. The van der Waals surface area contributed by atoms with Crippen molar-refractivity contribution in [1.82, 2.24) is 9.21 Å². The Bertz CT molecular complexity index is 961. The van der Waals surface area contributed by atoms with E-state index < -0.39 is 10.0 Å². The van der Waals surface area contributed by atoms with Crippen LogP contribution in [0.4, 0.5) is 0 Å². The van der Waals surface area contributed by atoms with Crippen molar-refractivity contribution in [3.63, 3.8) is 0 Å². The normalized spacial score (nSPS) is 20.7. The van der Waals surface area contributed by atoms with Gasteiger partial charge >= 0.3 is 0 Å². The molecule has 28 heavy (non-hydrogen) atoms. The van der Waals surface area contributed by atoms with Gasteiger partial charge in [0.2, 0.25) is 10.0 Å². The lowest BCUT2D eigenvalue weighted by molar-refractivity contribution is 0.185. The molecule has 0 N–H and O–H groups in total. The fraction of sp³-hybridized carbons (Fsp3) is 0.429. The first-order valence-electron chi connectivity index (χ1n) is 9.56. The largest absolute Gasteiger partial charge is 0.493 e. The Balaban J connectivity index is 1.49. The van der Waals surface area contributed by atoms with Gasteiger partial charge in [-0.3, -0.25) is 4.90 Å². The predicted octanol–water partition coefficient (Wildman–Crippen LogP) is 2.53. The van der Waals surface area contributed by atoms with E-state index in [0.29, 0.717) is 24.6 Å². The van der Waals surface area contributed by atoms with Crippen LogP contribution >= 0.6 is 0 Å². The van der Waals surface area contributed by atoms with E-state index >= 15 is 0 Å². The van der Waals surface area contributed by atoms with Gasteiger partial charge in [0.05, 0.1) is 19.1 Å². The van der Waals surface area contributed by atoms with Crippen LogP contribution in [0.15, 0.2) is 47.4 Å². The van der Waals surface area contributed by atoms with Crippen LogP contribution < -0.4 is 9.47 Å². The Morgan fingerprint density at radius 1 is 0.964 bits per heavy atom. The molecule has 1 unspecified atom stereocenters. The SMILES string of the molecule is COc1ccc(S(=O)(=O)N2CCC(N3CCc4ccccc4C3)C2)cc1OC. The summed E-state index contributed by atoms with van der Waals surface area (Å²) in [6.45, 7) is 2.94. The van der Waals surface area contributed by atoms with Crippen LogP contribution in [0.25, 0.3) is 0 Å². The summed E-state index contributed by atoms with van der Waals surface area (Å²) in [4.78, 5) is 2.67. The first kappa shape index (κ1) is 19.2. The average Bonchev–Trinajstić information content (AvgIpc) is 3.24. The van der Waals surface area contributed by atoms with Crippen molar-refractivity contribution in [2.75, 3.05) is 33.9 Å². The van der Waals surface area contributed by atoms with Gasteiger partial charge in [0, 0.05) is 38.3 Å². The van der Waals surface area contributed by atoms with Gasteiger partial charge in [-0.15, -0.1) is 0 Å². The Kier molecular flexibility index (Phi) is 5.31. The average molecular weight is 403 g/mol. The molecule has 6 nitrogen and oxygen atoms in total. The third kappa shape index (κ3) is 3.50. The first-order valence-corrected chi connectivity index (χ1v) is 11.0. The molecule has 2 aliphatic rings. The van der Waals surface area contributed by atoms with Crippen LogP contribution in [-0.2, 0) is 23.0 Å². The number of hydrogen-bond donors (Lipinski definition) is 0. The summed E-state index contributed by atoms with van der Waals surface area (Å²) in [5.41, 5.74) is 2.77. The highest BCUT2D eigenvalue weighted by Crippen LogP contribution is 2.32. The molecule has 0 spiro atoms. The zero-order chi connectivity index (χ0) is 19.7. The second kappa shape index (κ2) is 7.73. The minimum Gasteiger partial charge on any atom is -0.493 e. The lowest BCUT2D eigenvalue weighted by Gasteiger charge is -2.33. The van der Waals surface area contributed by atoms with Crippen molar-refractivity contribution in [3.05, 3.63) is 53.6 Å². The third-order valence-corrected chi connectivity index (χ3v) is 7.66. The van der Waals surface area contributed by atoms with Crippen molar-refractivity contribution in [3.8, 4) is 11.5 Å². The van der Waals surface area contributed by atoms with Gasteiger partial charge in [-0.1, -0.05) is 24.3 Å². The quantitative estimate of drug-likeness (QED) is 0.769. The third-order valence-electron chi connectivity index (χ3n) is 5.80. The molecule has 0 aromatic heterocycles. The minimum absolute atomic E-state index is 0.245. The van der Waals surface area contributed by atoms with Gasteiger partial charge in [-0.05, 0) is 36.1 Å². The Morgan fingerprint density at radius 3 is 2.46 bits per heavy atom. The number of benzene rings is 2. The summed E-state index contributed by atoms with van der Waals surface area (Å²) in [6.07, 6.45) is 1.88. The molecule has 0 radical (unpaired) electrons. The van der Waals surface area contributed by atoms with Gasteiger partial charge in [0.1, 0.15) is 0 Å². The lowest BCUT2D eigenvalue weighted by Crippen LogP contribution is -2.41. The number of hydrogen-bond acceptors (Lipinski definition) is 5. The highest BCUT2D eigenvalue weighted by molar-refractivity contribution is 7.89. The van der Waals surface area contributed by atoms with Crippen LogP contribution in [0.2, 0.25) is 0 Å². The molecule has 2 aliphatic heterocycles. The van der Waals surface area contributed by atoms with Crippen LogP contribution in [0.5, 0.6) is 11.5 Å². The summed E-state index contributed by atoms with van der Waals surface area (Å²) >= 11 is 0. The maximum Gasteiger partial charge on any atom is 0.243 e. The van der Waals surface area contributed by atoms with Crippen LogP contribution in [0.1, 0.15) is 17.5 Å². The molecule has 0 amide bonds. The van der Waals surface area contributed by atoms with E-state index in [1.165, 1.54) is 25.3 Å². The summed E-state index contributed by atoms with van der Waals surface area (Å²) in [7, 11) is -0.513. The van der Waals surface area contributed by atoms with E-state index in [1.807, 2.05) is 0 Å². The molecule has 2 aromatic carbocycles. The summed E-state index contributed by atoms with van der Waals surface area (Å²) < 4.78 is 38.4. The maximum absolute atomic E-state index is 13.1. The molecule has 7 heteroatoms. The van der Waals surface area contributed by atoms with Crippen molar-refractivity contribution in [2.45, 2.75) is 30.3 Å². The molecule has 0 aliphatic carbocycles. The standard InChI is InChI=1S/C21H26N2O4S/c1-26-20-8-7-19(13-21(20)27-2)28(24,25)23-12-10-18(15-23)22-11-9-16-5-3-4-6-17(16)14-22/h3-8,13,18H,9-12,14-15H2,1-2H3. The lowest BCUT2D eigenvalue weighted by atomic mass is 9.98. The molecule has 0 bridgehead atoms. The second-order valence-corrected chi connectivity index (χ2v) is 9.25. The topological polar surface area (TPSA) is 59.1 Å². The van der Waals surface area contributed by atoms with Crippen LogP contribution in [0, 0.1) is 0 Å². The molecule has 1 fully saturated rings. The second-order valence-electron chi connectivity index (χ2n) is 7.31. The van der Waals surface area contributed by atoms with Crippen molar-refractivity contribution < 1.29 is 17.9 Å². The van der Waals surface area contributed by atoms with Crippen molar-refractivity contribution >= 4 is 10.0 Å². The monoisotopic (exact) mass is 402 g/mol. The summed E-state index contributed by atoms with van der Waals surface area (Å²) in [5, 5.41) is 0. The van der Waals surface area contributed by atoms with Crippen molar-refractivity contribution in [1.29, 1.82) is 0 Å². The fourth-order valence-corrected chi connectivity index (χ4v) is 5.69. The zero-order valence-corrected chi connectivity index (χ0v) is 17.1. The molecular formula is C21H26N2O4S. The Labute approximate surface area is 166 Å². The van der Waals surface area contributed by atoms with Crippen LogP contribution in [-0.4, -0.2) is 57.5 Å². The van der Waals surface area contributed by atoms with E-state index in [9.17, 15) is 8.42 Å². The highest BCUT2D eigenvalue weighted by Gasteiger charge is 2.36. The van der Waals surface area contributed by atoms with E-state index in [0.717, 1.165) is 25.9 Å². The van der Waals surface area contributed by atoms with Gasteiger partial charge in [-0.25, -0.2) is 8.42 Å². The fourth-order valence-electron chi connectivity index (χ4n) is 4.18. The predicted molar refractivity (Wildman–Crippen MR) is 107 cm³/mol. The maximum atomic E-state index is 13.1. The van der Waals surface area contributed by atoms with Gasteiger partial charge in [-0.2, -0.15) is 4.31 Å². The number of rotatable bonds is 5. The Morgan fingerprint density at radius 2 is 1.71 bits per heavy atom. The number of sulfonamides is 1. The van der Waals surface area contributed by atoms with Crippen LogP contribution in [0.3, 0.4) is 0 Å². The molecule has 150 valence electrons. The number of fused-ring (bicyclic) bond motifs is 1. The molecular weight excluding hydrogens is 376 g/mol. The molecule has 2 aromatic rings. The van der Waals surface area contributed by atoms with E-state index in [1.54, 1.807) is 22.5 Å². The number of ether oxygens (including phenoxy) is 2. The van der Waals surface area contributed by atoms with E-state index in [-0.39, 0.29) is 10.9 Å². The van der Waals surface area contributed by atoms with E-state index in [2.05, 4.69) is 29.2 Å². The zero-order valence-electron chi connectivity index (χ0n) is 16.3. The Hall–Kier alpha value is -2.09. The highest BCUT2D eigenvalue weighted by atomic mass is 32.2. The van der Waals surface area contributed by atoms with Gasteiger partial charge in [0.25, 0.3) is 0 Å². The van der Waals surface area contributed by atoms with Crippen molar-refractivity contribution in [2.24, 2.45) is 0 Å². The summed E-state index contributed by atoms with van der Waals surface area (Å²) in [5.74, 6) is 0.944. The summed E-state index contributed by atoms with van der Waals surface area (Å²) in [6, 6.07) is 13.5. The number of methoxy groups -OCH3 is 2. The smallest absolute Gasteiger partial charge is 0.243 e. The molecule has 0 saturated carbocycles. The number of nitrogens with zero attached hydrogens (tertiary/aromatic N) is 2.